The van der Waals surface area contributed by atoms with Crippen LogP contribution >= 0.6 is 0 Å². The number of hydrogen-bond donors (Lipinski definition) is 1. The number of aromatic hydroxyl groups is 1. The Labute approximate surface area is 101 Å². The maximum Gasteiger partial charge on any atom is 0.255 e. The van der Waals surface area contributed by atoms with Crippen LogP contribution in [0, 0.1) is 0 Å². The first-order valence-corrected chi connectivity index (χ1v) is 5.86. The summed E-state index contributed by atoms with van der Waals surface area (Å²) in [5, 5.41) is 9.20. The Morgan fingerprint density at radius 1 is 1.35 bits per heavy atom. The monoisotopic (exact) mass is 235 g/mol. The van der Waals surface area contributed by atoms with Crippen LogP contribution in [0.3, 0.4) is 0 Å². The van der Waals surface area contributed by atoms with E-state index >= 15 is 0 Å². The van der Waals surface area contributed by atoms with Crippen molar-refractivity contribution in [3.63, 3.8) is 0 Å². The lowest BCUT2D eigenvalue weighted by molar-refractivity contribution is -0.132. The van der Waals surface area contributed by atoms with Crippen molar-refractivity contribution in [1.29, 1.82) is 0 Å². The Bertz CT molecular complexity index is 382. The second-order valence-electron chi connectivity index (χ2n) is 4.27. The van der Waals surface area contributed by atoms with E-state index in [-0.39, 0.29) is 17.8 Å². The molecular formula is C13H17NO3. The van der Waals surface area contributed by atoms with E-state index in [4.69, 9.17) is 4.74 Å². The minimum absolute atomic E-state index is 0.0182. The largest absolute Gasteiger partial charge is 0.508 e. The van der Waals surface area contributed by atoms with Crippen LogP contribution in [0.4, 0.5) is 5.69 Å². The van der Waals surface area contributed by atoms with Crippen molar-refractivity contribution >= 4 is 11.6 Å². The van der Waals surface area contributed by atoms with Gasteiger partial charge >= 0.3 is 0 Å². The van der Waals surface area contributed by atoms with E-state index in [1.807, 2.05) is 0 Å². The highest BCUT2D eigenvalue weighted by Crippen LogP contribution is 2.21. The van der Waals surface area contributed by atoms with Crippen molar-refractivity contribution in [3.05, 3.63) is 24.3 Å². The smallest absolute Gasteiger partial charge is 0.255 e. The summed E-state index contributed by atoms with van der Waals surface area (Å²) >= 11 is 0. The Kier molecular flexibility index (Phi) is 3.64. The maximum atomic E-state index is 12.1. The number of rotatable bonds is 2. The highest BCUT2D eigenvalue weighted by molar-refractivity contribution is 5.96. The molecule has 1 heterocycles. The summed E-state index contributed by atoms with van der Waals surface area (Å²) in [7, 11) is 1.73. The molecule has 2 rings (SSSR count). The van der Waals surface area contributed by atoms with Crippen LogP contribution in [0.25, 0.3) is 0 Å². The maximum absolute atomic E-state index is 12.1. The van der Waals surface area contributed by atoms with Gasteiger partial charge in [0.15, 0.2) is 0 Å². The SMILES string of the molecule is CN(C(=O)C1CCCCO1)c1ccc(O)cc1. The fourth-order valence-electron chi connectivity index (χ4n) is 1.95. The van der Waals surface area contributed by atoms with Crippen LogP contribution in [0.1, 0.15) is 19.3 Å². The summed E-state index contributed by atoms with van der Waals surface area (Å²) < 4.78 is 5.47. The number of ether oxygens (including phenoxy) is 1. The zero-order chi connectivity index (χ0) is 12.3. The second-order valence-corrected chi connectivity index (χ2v) is 4.27. The first kappa shape index (κ1) is 11.9. The molecule has 0 aliphatic carbocycles. The van der Waals surface area contributed by atoms with Crippen LogP contribution in [0.5, 0.6) is 5.75 Å². The van der Waals surface area contributed by atoms with Crippen molar-refractivity contribution in [2.45, 2.75) is 25.4 Å². The Hall–Kier alpha value is -1.55. The third-order valence-electron chi connectivity index (χ3n) is 3.02. The van der Waals surface area contributed by atoms with Crippen LogP contribution in [-0.4, -0.2) is 30.8 Å². The lowest BCUT2D eigenvalue weighted by Gasteiger charge is -2.26. The van der Waals surface area contributed by atoms with Gasteiger partial charge in [-0.1, -0.05) is 0 Å². The minimum Gasteiger partial charge on any atom is -0.508 e. The first-order valence-electron chi connectivity index (χ1n) is 5.86. The van der Waals surface area contributed by atoms with E-state index in [0.717, 1.165) is 24.9 Å². The molecule has 0 saturated carbocycles. The summed E-state index contributed by atoms with van der Waals surface area (Å²) in [4.78, 5) is 13.7. The number of hydrogen-bond acceptors (Lipinski definition) is 3. The van der Waals surface area contributed by atoms with Gasteiger partial charge in [0.25, 0.3) is 5.91 Å². The molecule has 0 radical (unpaired) electrons. The van der Waals surface area contributed by atoms with Gasteiger partial charge in [0, 0.05) is 19.3 Å². The molecule has 1 aromatic carbocycles. The van der Waals surface area contributed by atoms with E-state index in [2.05, 4.69) is 0 Å². The fraction of sp³-hybridized carbons (Fsp3) is 0.462. The molecule has 1 saturated heterocycles. The van der Waals surface area contributed by atoms with Crippen molar-refractivity contribution in [1.82, 2.24) is 0 Å². The van der Waals surface area contributed by atoms with Gasteiger partial charge < -0.3 is 14.7 Å². The number of nitrogens with zero attached hydrogens (tertiary/aromatic N) is 1. The van der Waals surface area contributed by atoms with Gasteiger partial charge in [-0.25, -0.2) is 0 Å². The number of benzene rings is 1. The van der Waals surface area contributed by atoms with Gasteiger partial charge in [-0.3, -0.25) is 4.79 Å². The topological polar surface area (TPSA) is 49.8 Å². The predicted octanol–water partition coefficient (Wildman–Crippen LogP) is 1.92. The zero-order valence-electron chi connectivity index (χ0n) is 9.93. The quantitative estimate of drug-likeness (QED) is 0.852. The van der Waals surface area contributed by atoms with E-state index in [1.54, 1.807) is 36.2 Å². The lowest BCUT2D eigenvalue weighted by Crippen LogP contribution is -2.39. The summed E-state index contributed by atoms with van der Waals surface area (Å²) in [6.45, 7) is 0.666. The molecule has 92 valence electrons. The number of phenolic OH excluding ortho intramolecular Hbond substituents is 1. The normalized spacial score (nSPS) is 19.9. The molecule has 4 heteroatoms. The highest BCUT2D eigenvalue weighted by Gasteiger charge is 2.25. The molecule has 0 aromatic heterocycles. The molecule has 1 aromatic rings. The van der Waals surface area contributed by atoms with Gasteiger partial charge in [0.2, 0.25) is 0 Å². The molecular weight excluding hydrogens is 218 g/mol. The average Bonchev–Trinajstić information content (AvgIpc) is 2.39. The molecule has 1 amide bonds. The summed E-state index contributed by atoms with van der Waals surface area (Å²) in [5.74, 6) is 0.180. The summed E-state index contributed by atoms with van der Waals surface area (Å²) in [6, 6.07) is 6.58. The zero-order valence-corrected chi connectivity index (χ0v) is 9.93. The van der Waals surface area contributed by atoms with Gasteiger partial charge in [-0.2, -0.15) is 0 Å². The van der Waals surface area contributed by atoms with Gasteiger partial charge in [-0.05, 0) is 43.5 Å². The average molecular weight is 235 g/mol. The van der Waals surface area contributed by atoms with Crippen molar-refractivity contribution in [2.75, 3.05) is 18.6 Å². The predicted molar refractivity (Wildman–Crippen MR) is 65.1 cm³/mol. The number of likely N-dealkylation sites (N-methyl/N-ethyl adjacent to an activating group) is 1. The van der Waals surface area contributed by atoms with Crippen LogP contribution < -0.4 is 4.90 Å². The van der Waals surface area contributed by atoms with Crippen LogP contribution in [0.2, 0.25) is 0 Å². The Morgan fingerprint density at radius 2 is 2.06 bits per heavy atom. The third kappa shape index (κ3) is 2.77. The van der Waals surface area contributed by atoms with E-state index in [1.165, 1.54) is 0 Å². The molecule has 1 atom stereocenters. The van der Waals surface area contributed by atoms with Crippen molar-refractivity contribution in [2.24, 2.45) is 0 Å². The third-order valence-corrected chi connectivity index (χ3v) is 3.02. The van der Waals surface area contributed by atoms with Gasteiger partial charge in [0.1, 0.15) is 11.9 Å². The fourth-order valence-corrected chi connectivity index (χ4v) is 1.95. The molecule has 0 spiro atoms. The number of phenols is 1. The number of amides is 1. The van der Waals surface area contributed by atoms with E-state index in [0.29, 0.717) is 6.61 Å². The second kappa shape index (κ2) is 5.19. The standard InChI is InChI=1S/C13H17NO3/c1-14(10-5-7-11(15)8-6-10)13(16)12-4-2-3-9-17-12/h5-8,12,15H,2-4,9H2,1H3. The number of carbonyl (C=O) groups is 1. The molecule has 1 fully saturated rings. The molecule has 1 unspecified atom stereocenters. The van der Waals surface area contributed by atoms with Crippen LogP contribution in [0.15, 0.2) is 24.3 Å². The minimum atomic E-state index is -0.317. The van der Waals surface area contributed by atoms with E-state index < -0.39 is 0 Å². The van der Waals surface area contributed by atoms with Crippen molar-refractivity contribution in [3.8, 4) is 5.75 Å². The lowest BCUT2D eigenvalue weighted by atomic mass is 10.1. The molecule has 1 aliphatic rings. The number of carbonyl (C=O) groups excluding carboxylic acids is 1. The first-order chi connectivity index (χ1) is 8.18. The molecule has 0 bridgehead atoms. The molecule has 4 nitrogen and oxygen atoms in total. The molecule has 1 aliphatic heterocycles. The summed E-state index contributed by atoms with van der Waals surface area (Å²) in [6.07, 6.45) is 2.55. The highest BCUT2D eigenvalue weighted by atomic mass is 16.5. The Balaban J connectivity index is 2.05. The van der Waals surface area contributed by atoms with Gasteiger partial charge in [0.05, 0.1) is 0 Å². The summed E-state index contributed by atoms with van der Waals surface area (Å²) in [5.41, 5.74) is 0.766. The number of anilines is 1. The molecule has 1 N–H and O–H groups in total. The van der Waals surface area contributed by atoms with Crippen LogP contribution in [-0.2, 0) is 9.53 Å². The van der Waals surface area contributed by atoms with E-state index in [9.17, 15) is 9.90 Å². The molecule has 17 heavy (non-hydrogen) atoms. The van der Waals surface area contributed by atoms with Crippen molar-refractivity contribution < 1.29 is 14.6 Å². The van der Waals surface area contributed by atoms with Gasteiger partial charge in [-0.15, -0.1) is 0 Å². The Morgan fingerprint density at radius 3 is 2.65 bits per heavy atom.